The summed E-state index contributed by atoms with van der Waals surface area (Å²) in [6.45, 7) is 12.1. The van der Waals surface area contributed by atoms with Crippen molar-refractivity contribution in [2.45, 2.75) is 25.2 Å². The monoisotopic (exact) mass is 293 g/mol. The summed E-state index contributed by atoms with van der Waals surface area (Å²) in [6, 6.07) is 6.94. The van der Waals surface area contributed by atoms with Gasteiger partial charge < -0.3 is 0 Å². The second kappa shape index (κ2) is 7.41. The van der Waals surface area contributed by atoms with E-state index >= 15 is 0 Å². The van der Waals surface area contributed by atoms with E-state index in [2.05, 4.69) is 13.2 Å². The number of rotatable bonds is 8. The van der Waals surface area contributed by atoms with Gasteiger partial charge in [0.1, 0.15) is 0 Å². The van der Waals surface area contributed by atoms with E-state index < -0.39 is 10.0 Å². The molecule has 0 saturated heterocycles. The Morgan fingerprint density at radius 1 is 1.25 bits per heavy atom. The van der Waals surface area contributed by atoms with Gasteiger partial charge in [-0.05, 0) is 31.4 Å². The van der Waals surface area contributed by atoms with Gasteiger partial charge in [0.2, 0.25) is 10.0 Å². The molecule has 0 amide bonds. The van der Waals surface area contributed by atoms with E-state index in [-0.39, 0.29) is 5.92 Å². The van der Waals surface area contributed by atoms with Crippen molar-refractivity contribution in [3.8, 4) is 0 Å². The molecular formula is C16H23NO2S. The Morgan fingerprint density at radius 2 is 1.85 bits per heavy atom. The number of benzene rings is 1. The number of hydrogen-bond acceptors (Lipinski definition) is 2. The van der Waals surface area contributed by atoms with Crippen LogP contribution in [0.5, 0.6) is 0 Å². The molecule has 20 heavy (non-hydrogen) atoms. The predicted molar refractivity (Wildman–Crippen MR) is 84.1 cm³/mol. The minimum atomic E-state index is -3.46. The summed E-state index contributed by atoms with van der Waals surface area (Å²) in [5.74, 6) is 0.111. The third-order valence-corrected chi connectivity index (χ3v) is 5.01. The van der Waals surface area contributed by atoms with Crippen LogP contribution in [-0.2, 0) is 10.0 Å². The summed E-state index contributed by atoms with van der Waals surface area (Å²) in [6.07, 6.45) is 4.14. The molecule has 1 aromatic carbocycles. The van der Waals surface area contributed by atoms with E-state index in [1.807, 2.05) is 26.0 Å². The summed E-state index contributed by atoms with van der Waals surface area (Å²) < 4.78 is 26.8. The normalized spacial score (nSPS) is 13.2. The molecule has 1 rings (SSSR count). The molecule has 0 aliphatic carbocycles. The second-order valence-corrected chi connectivity index (χ2v) is 6.90. The summed E-state index contributed by atoms with van der Waals surface area (Å²) >= 11 is 0. The van der Waals surface area contributed by atoms with Gasteiger partial charge in [0.15, 0.2) is 0 Å². The molecule has 0 fully saturated rings. The van der Waals surface area contributed by atoms with Crippen LogP contribution < -0.4 is 0 Å². The number of sulfonamides is 1. The van der Waals surface area contributed by atoms with Gasteiger partial charge >= 0.3 is 0 Å². The Morgan fingerprint density at radius 3 is 2.35 bits per heavy atom. The highest BCUT2D eigenvalue weighted by molar-refractivity contribution is 7.89. The fraction of sp³-hybridized carbons (Fsp3) is 0.375. The maximum atomic E-state index is 12.7. The van der Waals surface area contributed by atoms with E-state index in [0.717, 1.165) is 5.56 Å². The summed E-state index contributed by atoms with van der Waals surface area (Å²) in [7, 11) is -3.46. The Kier molecular flexibility index (Phi) is 6.17. The lowest BCUT2D eigenvalue weighted by molar-refractivity contribution is 0.387. The Labute approximate surface area is 122 Å². The summed E-state index contributed by atoms with van der Waals surface area (Å²) in [5.41, 5.74) is 1.04. The fourth-order valence-corrected chi connectivity index (χ4v) is 3.36. The molecule has 0 unspecified atom stereocenters. The number of hydrogen-bond donors (Lipinski definition) is 0. The van der Waals surface area contributed by atoms with E-state index in [1.54, 1.807) is 24.3 Å². The molecule has 0 aromatic heterocycles. The first kappa shape index (κ1) is 16.7. The van der Waals surface area contributed by atoms with E-state index in [0.29, 0.717) is 24.4 Å². The minimum absolute atomic E-state index is 0.111. The first-order valence-corrected chi connectivity index (χ1v) is 8.16. The summed E-state index contributed by atoms with van der Waals surface area (Å²) in [4.78, 5) is 0.337. The lowest BCUT2D eigenvalue weighted by Gasteiger charge is -2.23. The van der Waals surface area contributed by atoms with Crippen molar-refractivity contribution in [3.05, 3.63) is 55.1 Å². The molecule has 0 spiro atoms. The van der Waals surface area contributed by atoms with Crippen molar-refractivity contribution in [1.29, 1.82) is 0 Å². The van der Waals surface area contributed by atoms with Gasteiger partial charge in [-0.15, -0.1) is 13.2 Å². The zero-order chi connectivity index (χ0) is 15.2. The fourth-order valence-electron chi connectivity index (χ4n) is 1.80. The van der Waals surface area contributed by atoms with Gasteiger partial charge in [-0.3, -0.25) is 0 Å². The molecule has 1 atom stereocenters. The zero-order valence-corrected chi connectivity index (χ0v) is 13.1. The van der Waals surface area contributed by atoms with Crippen molar-refractivity contribution < 1.29 is 8.42 Å². The van der Waals surface area contributed by atoms with Crippen LogP contribution in [-0.4, -0.2) is 25.8 Å². The largest absolute Gasteiger partial charge is 0.243 e. The SMILES string of the molecule is C=CCCN(C[C@@H](C)C=C)S(=O)(=O)c1ccc(C)cc1. The molecule has 0 bridgehead atoms. The quantitative estimate of drug-likeness (QED) is 0.689. The molecule has 3 nitrogen and oxygen atoms in total. The van der Waals surface area contributed by atoms with Crippen molar-refractivity contribution in [2.24, 2.45) is 5.92 Å². The lowest BCUT2D eigenvalue weighted by atomic mass is 10.2. The zero-order valence-electron chi connectivity index (χ0n) is 12.2. The molecule has 0 N–H and O–H groups in total. The van der Waals surface area contributed by atoms with E-state index in [1.165, 1.54) is 4.31 Å². The standard InChI is InChI=1S/C16H23NO2S/c1-5-7-12-17(13-14(3)6-2)20(18,19)16-10-8-15(4)9-11-16/h5-6,8-11,14H,1-2,7,12-13H2,3-4H3/t14-/m0/s1. The highest BCUT2D eigenvalue weighted by atomic mass is 32.2. The van der Waals surface area contributed by atoms with Gasteiger partial charge in [0, 0.05) is 13.1 Å². The predicted octanol–water partition coefficient (Wildman–Crippen LogP) is 3.38. The van der Waals surface area contributed by atoms with Crippen LogP contribution in [0.2, 0.25) is 0 Å². The average Bonchev–Trinajstić information content (AvgIpc) is 2.43. The van der Waals surface area contributed by atoms with Crippen LogP contribution in [0.3, 0.4) is 0 Å². The van der Waals surface area contributed by atoms with E-state index in [9.17, 15) is 8.42 Å². The smallest absolute Gasteiger partial charge is 0.207 e. The van der Waals surface area contributed by atoms with Gasteiger partial charge in [0.25, 0.3) is 0 Å². The Bertz CT molecular complexity index is 546. The highest BCUT2D eigenvalue weighted by Gasteiger charge is 2.24. The molecule has 0 aliphatic heterocycles. The molecule has 110 valence electrons. The number of nitrogens with zero attached hydrogens (tertiary/aromatic N) is 1. The Balaban J connectivity index is 3.05. The lowest BCUT2D eigenvalue weighted by Crippen LogP contribution is -2.35. The van der Waals surface area contributed by atoms with Crippen LogP contribution in [0, 0.1) is 12.8 Å². The van der Waals surface area contributed by atoms with Crippen LogP contribution in [0.25, 0.3) is 0 Å². The minimum Gasteiger partial charge on any atom is -0.207 e. The maximum absolute atomic E-state index is 12.7. The van der Waals surface area contributed by atoms with Crippen LogP contribution in [0.15, 0.2) is 54.5 Å². The van der Waals surface area contributed by atoms with Gasteiger partial charge in [-0.25, -0.2) is 8.42 Å². The van der Waals surface area contributed by atoms with Gasteiger partial charge in [0.05, 0.1) is 4.90 Å². The average molecular weight is 293 g/mol. The van der Waals surface area contributed by atoms with Crippen LogP contribution in [0.1, 0.15) is 18.9 Å². The molecule has 1 aromatic rings. The second-order valence-electron chi connectivity index (χ2n) is 4.97. The molecule has 4 heteroatoms. The molecule has 0 aliphatic rings. The third kappa shape index (κ3) is 4.32. The Hall–Kier alpha value is -1.39. The van der Waals surface area contributed by atoms with Gasteiger partial charge in [-0.2, -0.15) is 4.31 Å². The highest BCUT2D eigenvalue weighted by Crippen LogP contribution is 2.18. The van der Waals surface area contributed by atoms with Crippen LogP contribution >= 0.6 is 0 Å². The third-order valence-electron chi connectivity index (χ3n) is 3.14. The van der Waals surface area contributed by atoms with Crippen LogP contribution in [0.4, 0.5) is 0 Å². The van der Waals surface area contributed by atoms with Crippen molar-refractivity contribution >= 4 is 10.0 Å². The summed E-state index contributed by atoms with van der Waals surface area (Å²) in [5, 5.41) is 0. The topological polar surface area (TPSA) is 37.4 Å². The van der Waals surface area contributed by atoms with Crippen molar-refractivity contribution in [3.63, 3.8) is 0 Å². The van der Waals surface area contributed by atoms with Crippen molar-refractivity contribution in [2.75, 3.05) is 13.1 Å². The van der Waals surface area contributed by atoms with Crippen molar-refractivity contribution in [1.82, 2.24) is 4.31 Å². The molecule has 0 saturated carbocycles. The molecular weight excluding hydrogens is 270 g/mol. The van der Waals surface area contributed by atoms with Gasteiger partial charge in [-0.1, -0.05) is 36.8 Å². The maximum Gasteiger partial charge on any atom is 0.243 e. The first-order chi connectivity index (χ1) is 9.41. The van der Waals surface area contributed by atoms with E-state index in [4.69, 9.17) is 0 Å². The number of aryl methyl sites for hydroxylation is 1. The first-order valence-electron chi connectivity index (χ1n) is 6.72. The molecule has 0 radical (unpaired) electrons. The molecule has 0 heterocycles.